The van der Waals surface area contributed by atoms with Gasteiger partial charge in [-0.05, 0) is 18.4 Å². The van der Waals surface area contributed by atoms with Crippen molar-refractivity contribution in [1.29, 1.82) is 0 Å². The van der Waals surface area contributed by atoms with Crippen LogP contribution in [0.5, 0.6) is 0 Å². The van der Waals surface area contributed by atoms with Crippen LogP contribution in [0.4, 0.5) is 17.2 Å². The molecule has 0 saturated carbocycles. The Balaban J connectivity index is 2.56. The first-order valence-corrected chi connectivity index (χ1v) is 9.54. The Kier molecular flexibility index (Phi) is 5.62. The lowest BCUT2D eigenvalue weighted by molar-refractivity contribution is 0.333. The zero-order valence-electron chi connectivity index (χ0n) is 16.3. The quantitative estimate of drug-likeness (QED) is 0.650. The molecule has 0 aliphatic rings. The molecule has 0 amide bonds. The lowest BCUT2D eigenvalue weighted by Crippen LogP contribution is -2.26. The molecule has 0 radical (unpaired) electrons. The van der Waals surface area contributed by atoms with Gasteiger partial charge in [-0.1, -0.05) is 48.5 Å². The Morgan fingerprint density at radius 1 is 1.20 bits per heavy atom. The summed E-state index contributed by atoms with van der Waals surface area (Å²) in [4.78, 5) is 10.1. The monoisotopic (exact) mass is 359 g/mol. The third kappa shape index (κ3) is 4.06. The van der Waals surface area contributed by atoms with Gasteiger partial charge in [0.25, 0.3) is 0 Å². The van der Waals surface area contributed by atoms with Crippen LogP contribution in [0.3, 0.4) is 0 Å². The fraction of sp³-hybridized carbons (Fsp3) is 0.579. The molecule has 2 aromatic rings. The van der Waals surface area contributed by atoms with E-state index in [1.807, 2.05) is 0 Å². The minimum atomic E-state index is -0.0217. The first-order chi connectivity index (χ1) is 11.6. The summed E-state index contributed by atoms with van der Waals surface area (Å²) in [5, 5.41) is 9.87. The number of thiazole rings is 1. The zero-order chi connectivity index (χ0) is 18.8. The van der Waals surface area contributed by atoms with E-state index in [4.69, 9.17) is 10.7 Å². The third-order valence-electron chi connectivity index (χ3n) is 4.86. The molecule has 2 rings (SSSR count). The highest BCUT2D eigenvalue weighted by Crippen LogP contribution is 2.46. The van der Waals surface area contributed by atoms with Gasteiger partial charge in [-0.3, -0.25) is 4.98 Å². The minimum Gasteiger partial charge on any atom is -0.397 e. The maximum absolute atomic E-state index is 5.95. The van der Waals surface area contributed by atoms with Crippen molar-refractivity contribution in [3.63, 3.8) is 0 Å². The maximum Gasteiger partial charge on any atom is 0.189 e. The van der Waals surface area contributed by atoms with Crippen LogP contribution in [0.25, 0.3) is 0 Å². The molecule has 0 aromatic carbocycles. The van der Waals surface area contributed by atoms with Gasteiger partial charge in [0.15, 0.2) is 5.82 Å². The van der Waals surface area contributed by atoms with E-state index in [-0.39, 0.29) is 10.8 Å². The van der Waals surface area contributed by atoms with Crippen LogP contribution in [-0.2, 0) is 10.8 Å². The van der Waals surface area contributed by atoms with Crippen molar-refractivity contribution in [3.05, 3.63) is 28.3 Å². The summed E-state index contributed by atoms with van der Waals surface area (Å²) in [5.74, 6) is 1.18. The van der Waals surface area contributed by atoms with Crippen LogP contribution in [0.2, 0.25) is 0 Å². The maximum atomic E-state index is 5.95. The lowest BCUT2D eigenvalue weighted by Gasteiger charge is -2.31. The van der Waals surface area contributed by atoms with E-state index < -0.39 is 0 Å². The van der Waals surface area contributed by atoms with E-state index in [1.54, 1.807) is 29.8 Å². The van der Waals surface area contributed by atoms with Gasteiger partial charge in [-0.25, -0.2) is 4.98 Å². The van der Waals surface area contributed by atoms with Gasteiger partial charge in [0.2, 0.25) is 0 Å². The van der Waals surface area contributed by atoms with Crippen molar-refractivity contribution in [2.75, 3.05) is 5.73 Å². The van der Waals surface area contributed by atoms with Crippen LogP contribution >= 0.6 is 11.3 Å². The molecule has 2 heterocycles. The van der Waals surface area contributed by atoms with E-state index in [2.05, 4.69) is 63.7 Å². The molecule has 2 N–H and O–H groups in total. The average molecular weight is 360 g/mol. The summed E-state index contributed by atoms with van der Waals surface area (Å²) in [6.45, 7) is 15.5. The number of azo groups is 1. The Morgan fingerprint density at radius 3 is 2.40 bits per heavy atom. The Bertz CT molecular complexity index is 757. The fourth-order valence-corrected chi connectivity index (χ4v) is 3.91. The number of nitrogens with zero attached hydrogens (tertiary/aromatic N) is 4. The van der Waals surface area contributed by atoms with Crippen LogP contribution < -0.4 is 5.73 Å². The van der Waals surface area contributed by atoms with Crippen molar-refractivity contribution in [2.24, 2.45) is 16.1 Å². The number of hydrogen-bond acceptors (Lipinski definition) is 6. The highest BCUT2D eigenvalue weighted by atomic mass is 32.1. The van der Waals surface area contributed by atoms with E-state index in [0.29, 0.717) is 23.1 Å². The molecular formula is C19H29N5S. The highest BCUT2D eigenvalue weighted by molar-refractivity contribution is 7.12. The van der Waals surface area contributed by atoms with Crippen LogP contribution in [0, 0.1) is 5.92 Å². The number of pyridine rings is 1. The minimum absolute atomic E-state index is 0.00992. The summed E-state index contributed by atoms with van der Waals surface area (Å²) < 4.78 is 0. The van der Waals surface area contributed by atoms with Gasteiger partial charge in [0.05, 0.1) is 16.8 Å². The van der Waals surface area contributed by atoms with Crippen molar-refractivity contribution >= 4 is 28.5 Å². The summed E-state index contributed by atoms with van der Waals surface area (Å²) >= 11 is 1.75. The molecule has 0 aliphatic heterocycles. The molecule has 25 heavy (non-hydrogen) atoms. The normalized spacial score (nSPS) is 15.0. The molecule has 2 aromatic heterocycles. The molecular weight excluding hydrogens is 330 g/mol. The molecule has 0 saturated heterocycles. The Morgan fingerprint density at radius 2 is 1.88 bits per heavy atom. The number of hydrogen-bond donors (Lipinski definition) is 1. The van der Waals surface area contributed by atoms with E-state index in [1.165, 1.54) is 4.88 Å². The van der Waals surface area contributed by atoms with Gasteiger partial charge < -0.3 is 5.73 Å². The predicted octanol–water partition coefficient (Wildman–Crippen LogP) is 6.16. The first-order valence-electron chi connectivity index (χ1n) is 8.72. The molecule has 0 aliphatic carbocycles. The van der Waals surface area contributed by atoms with Gasteiger partial charge in [0.1, 0.15) is 10.7 Å². The van der Waals surface area contributed by atoms with E-state index in [0.717, 1.165) is 11.4 Å². The number of nitrogen functional groups attached to an aromatic ring is 1. The van der Waals surface area contributed by atoms with E-state index in [9.17, 15) is 0 Å². The Hall–Kier alpha value is -1.82. The summed E-state index contributed by atoms with van der Waals surface area (Å²) in [5.41, 5.74) is 7.07. The number of aromatic nitrogens is 2. The van der Waals surface area contributed by atoms with Crippen molar-refractivity contribution in [2.45, 2.75) is 65.7 Å². The molecule has 136 valence electrons. The summed E-state index contributed by atoms with van der Waals surface area (Å²) in [6, 6.07) is 1.72. The molecule has 1 unspecified atom stereocenters. The highest BCUT2D eigenvalue weighted by Gasteiger charge is 2.35. The number of anilines is 1. The largest absolute Gasteiger partial charge is 0.397 e. The first kappa shape index (κ1) is 19.5. The second-order valence-electron chi connectivity index (χ2n) is 7.98. The summed E-state index contributed by atoms with van der Waals surface area (Å²) in [7, 11) is 0. The number of nitrogens with two attached hydrogens (primary N) is 1. The van der Waals surface area contributed by atoms with Gasteiger partial charge >= 0.3 is 0 Å². The Labute approximate surface area is 154 Å². The van der Waals surface area contributed by atoms with Crippen LogP contribution in [-0.4, -0.2) is 9.97 Å². The third-order valence-corrected chi connectivity index (χ3v) is 6.61. The fourth-order valence-electron chi connectivity index (χ4n) is 2.49. The topological polar surface area (TPSA) is 76.5 Å². The van der Waals surface area contributed by atoms with E-state index >= 15 is 0 Å². The van der Waals surface area contributed by atoms with Crippen molar-refractivity contribution in [1.82, 2.24) is 9.97 Å². The summed E-state index contributed by atoms with van der Waals surface area (Å²) in [6.07, 6.45) is 4.29. The molecule has 0 fully saturated rings. The predicted molar refractivity (Wildman–Crippen MR) is 106 cm³/mol. The van der Waals surface area contributed by atoms with Gasteiger partial charge in [-0.2, -0.15) is 0 Å². The SMILES string of the molecule is CCC(C)(c1sc(C(C)(C)C)nc1N=Nc1cnccc1N)C(C)C. The molecule has 0 bridgehead atoms. The molecule has 0 spiro atoms. The molecule has 6 heteroatoms. The van der Waals surface area contributed by atoms with Crippen LogP contribution in [0.1, 0.15) is 64.8 Å². The second kappa shape index (κ2) is 7.20. The van der Waals surface area contributed by atoms with Crippen molar-refractivity contribution in [3.8, 4) is 0 Å². The lowest BCUT2D eigenvalue weighted by atomic mass is 9.75. The second-order valence-corrected chi connectivity index (χ2v) is 8.98. The van der Waals surface area contributed by atoms with Gasteiger partial charge in [-0.15, -0.1) is 21.6 Å². The van der Waals surface area contributed by atoms with Crippen LogP contribution in [0.15, 0.2) is 28.7 Å². The smallest absolute Gasteiger partial charge is 0.189 e. The standard InChI is InChI=1S/C19H29N5S/c1-8-19(7,12(2)3)15-16(22-17(25-15)18(4,5)6)24-23-14-11-21-10-9-13(14)20/h9-12H,8H2,1-7H3,(H2,20,21). The van der Waals surface area contributed by atoms with Gasteiger partial charge in [0, 0.05) is 17.0 Å². The number of rotatable bonds is 5. The molecule has 5 nitrogen and oxygen atoms in total. The molecule has 1 atom stereocenters. The zero-order valence-corrected chi connectivity index (χ0v) is 17.1. The van der Waals surface area contributed by atoms with Crippen molar-refractivity contribution < 1.29 is 0 Å². The average Bonchev–Trinajstić information content (AvgIpc) is 2.98.